The molecule has 2 amide bonds. The van der Waals surface area contributed by atoms with Crippen molar-refractivity contribution in [2.45, 2.75) is 18.1 Å². The van der Waals surface area contributed by atoms with Gasteiger partial charge < -0.3 is 24.4 Å². The van der Waals surface area contributed by atoms with Crippen molar-refractivity contribution in [3.8, 4) is 17.2 Å². The summed E-state index contributed by atoms with van der Waals surface area (Å²) in [6.45, 7) is 0.631. The van der Waals surface area contributed by atoms with Gasteiger partial charge in [-0.3, -0.25) is 9.59 Å². The Labute approximate surface area is 176 Å². The molecule has 1 aromatic rings. The summed E-state index contributed by atoms with van der Waals surface area (Å²) < 4.78 is 40.5. The van der Waals surface area contributed by atoms with E-state index in [4.69, 9.17) is 14.2 Å². The van der Waals surface area contributed by atoms with E-state index in [1.807, 2.05) is 0 Å². The lowest BCUT2D eigenvalue weighted by atomic mass is 10.1. The number of nitrogens with one attached hydrogen (secondary N) is 1. The predicted octanol–water partition coefficient (Wildman–Crippen LogP) is 0.877. The second-order valence-electron chi connectivity index (χ2n) is 6.80. The van der Waals surface area contributed by atoms with E-state index < -0.39 is 26.7 Å². The minimum absolute atomic E-state index is 0.217. The van der Waals surface area contributed by atoms with Gasteiger partial charge in [-0.05, 0) is 36.6 Å². The Morgan fingerprint density at radius 2 is 1.67 bits per heavy atom. The number of piperidine rings is 1. The maximum absolute atomic E-state index is 12.5. The number of rotatable bonds is 8. The van der Waals surface area contributed by atoms with E-state index in [0.717, 1.165) is 0 Å². The van der Waals surface area contributed by atoms with Crippen molar-refractivity contribution in [3.05, 3.63) is 23.8 Å². The first-order chi connectivity index (χ1) is 14.2. The highest BCUT2D eigenvalue weighted by atomic mass is 32.2. The zero-order valence-electron chi connectivity index (χ0n) is 17.6. The first-order valence-corrected chi connectivity index (χ1v) is 11.2. The summed E-state index contributed by atoms with van der Waals surface area (Å²) in [5.74, 6) is 0.150. The molecule has 1 fully saturated rings. The molecule has 2 rings (SSSR count). The van der Waals surface area contributed by atoms with Gasteiger partial charge in [-0.2, -0.15) is 0 Å². The summed E-state index contributed by atoms with van der Waals surface area (Å²) in [5, 5.41) is 1.71. The van der Waals surface area contributed by atoms with Crippen LogP contribution in [0.4, 0.5) is 0 Å². The Kier molecular flexibility index (Phi) is 8.10. The number of likely N-dealkylation sites (tertiary alicyclic amines) is 1. The lowest BCUT2D eigenvalue weighted by Crippen LogP contribution is -2.43. The lowest BCUT2D eigenvalue weighted by Gasteiger charge is -2.31. The number of carbonyl (C=O) groups is 2. The maximum atomic E-state index is 12.5. The number of hydrogen-bond donors (Lipinski definition) is 1. The first kappa shape index (κ1) is 23.5. The molecule has 10 heteroatoms. The number of methoxy groups -OCH3 is 3. The zero-order valence-corrected chi connectivity index (χ0v) is 18.5. The fourth-order valence-electron chi connectivity index (χ4n) is 3.28. The highest BCUT2D eigenvalue weighted by molar-refractivity contribution is 7.92. The van der Waals surface area contributed by atoms with Crippen LogP contribution in [0.5, 0.6) is 17.2 Å². The number of nitrogens with zero attached hydrogens (tertiary/aromatic N) is 1. The first-order valence-electron chi connectivity index (χ1n) is 9.44. The molecule has 1 aliphatic rings. The fraction of sp³-hybridized carbons (Fsp3) is 0.500. The standard InChI is InChI=1S/C20H28N2O7S/c1-21-18(23)13-30(25,26)15-7-9-22(10-8-15)19(24)6-5-14-11-16(27-2)20(29-4)17(12-14)28-3/h5-6,11-12,15H,7-10,13H2,1-4H3,(H,21,23)/b6-5+. The molecule has 0 atom stereocenters. The van der Waals surface area contributed by atoms with Crippen LogP contribution in [-0.4, -0.2) is 77.6 Å². The average molecular weight is 441 g/mol. The van der Waals surface area contributed by atoms with Crippen LogP contribution in [0.3, 0.4) is 0 Å². The van der Waals surface area contributed by atoms with Crippen molar-refractivity contribution in [2.24, 2.45) is 0 Å². The molecule has 1 aliphatic heterocycles. The van der Waals surface area contributed by atoms with Gasteiger partial charge >= 0.3 is 0 Å². The van der Waals surface area contributed by atoms with E-state index in [9.17, 15) is 18.0 Å². The summed E-state index contributed by atoms with van der Waals surface area (Å²) in [5.41, 5.74) is 0.695. The number of sulfone groups is 1. The topological polar surface area (TPSA) is 111 Å². The Hall–Kier alpha value is -2.75. The molecule has 0 bridgehead atoms. The van der Waals surface area contributed by atoms with Gasteiger partial charge in [-0.15, -0.1) is 0 Å². The molecule has 0 aliphatic carbocycles. The molecular weight excluding hydrogens is 412 g/mol. The number of carbonyl (C=O) groups excluding carboxylic acids is 2. The molecule has 0 radical (unpaired) electrons. The molecule has 1 N–H and O–H groups in total. The number of hydrogen-bond acceptors (Lipinski definition) is 7. The molecule has 1 aromatic carbocycles. The summed E-state index contributed by atoms with van der Waals surface area (Å²) in [6, 6.07) is 3.45. The quantitative estimate of drug-likeness (QED) is 0.597. The molecule has 9 nitrogen and oxygen atoms in total. The SMILES string of the molecule is CNC(=O)CS(=O)(=O)C1CCN(C(=O)/C=C/c2cc(OC)c(OC)c(OC)c2)CC1. The molecule has 30 heavy (non-hydrogen) atoms. The van der Waals surface area contributed by atoms with E-state index in [2.05, 4.69) is 5.32 Å². The van der Waals surface area contributed by atoms with Gasteiger partial charge in [0.25, 0.3) is 0 Å². The van der Waals surface area contributed by atoms with Crippen LogP contribution in [-0.2, 0) is 19.4 Å². The van der Waals surface area contributed by atoms with Crippen LogP contribution >= 0.6 is 0 Å². The molecule has 1 saturated heterocycles. The largest absolute Gasteiger partial charge is 0.493 e. The van der Waals surface area contributed by atoms with Crippen molar-refractivity contribution >= 4 is 27.7 Å². The van der Waals surface area contributed by atoms with Crippen molar-refractivity contribution in [3.63, 3.8) is 0 Å². The van der Waals surface area contributed by atoms with Gasteiger partial charge in [0.15, 0.2) is 21.3 Å². The number of amides is 2. The van der Waals surface area contributed by atoms with Gasteiger partial charge in [0, 0.05) is 26.2 Å². The van der Waals surface area contributed by atoms with Crippen molar-refractivity contribution in [1.29, 1.82) is 0 Å². The molecule has 0 saturated carbocycles. The normalized spacial score (nSPS) is 15.1. The van der Waals surface area contributed by atoms with Gasteiger partial charge in [0.1, 0.15) is 5.75 Å². The predicted molar refractivity (Wildman–Crippen MR) is 113 cm³/mol. The van der Waals surface area contributed by atoms with Gasteiger partial charge in [0.2, 0.25) is 17.6 Å². The van der Waals surface area contributed by atoms with E-state index in [1.165, 1.54) is 34.5 Å². The van der Waals surface area contributed by atoms with Crippen molar-refractivity contribution in [1.82, 2.24) is 10.2 Å². The van der Waals surface area contributed by atoms with Crippen molar-refractivity contribution < 1.29 is 32.2 Å². The summed E-state index contributed by atoms with van der Waals surface area (Å²) >= 11 is 0. The van der Waals surface area contributed by atoms with Crippen molar-refractivity contribution in [2.75, 3.05) is 47.2 Å². The third-order valence-electron chi connectivity index (χ3n) is 4.98. The second kappa shape index (κ2) is 10.3. The number of benzene rings is 1. The van der Waals surface area contributed by atoms with Crippen LogP contribution in [0.15, 0.2) is 18.2 Å². The molecule has 166 valence electrons. The fourth-order valence-corrected chi connectivity index (χ4v) is 4.95. The van der Waals surface area contributed by atoms with Crippen LogP contribution in [0.25, 0.3) is 6.08 Å². The second-order valence-corrected chi connectivity index (χ2v) is 9.08. The van der Waals surface area contributed by atoms with Gasteiger partial charge in [0.05, 0.1) is 26.6 Å². The minimum atomic E-state index is -3.53. The highest BCUT2D eigenvalue weighted by Crippen LogP contribution is 2.38. The molecular formula is C20H28N2O7S. The maximum Gasteiger partial charge on any atom is 0.246 e. The van der Waals surface area contributed by atoms with Crippen LogP contribution < -0.4 is 19.5 Å². The van der Waals surface area contributed by atoms with E-state index in [0.29, 0.717) is 48.7 Å². The summed E-state index contributed by atoms with van der Waals surface area (Å²) in [4.78, 5) is 25.5. The Morgan fingerprint density at radius 3 is 2.13 bits per heavy atom. The number of ether oxygens (including phenoxy) is 3. The van der Waals surface area contributed by atoms with E-state index in [-0.39, 0.29) is 5.91 Å². The van der Waals surface area contributed by atoms with Crippen LogP contribution in [0, 0.1) is 0 Å². The molecule has 0 unspecified atom stereocenters. The van der Waals surface area contributed by atoms with Gasteiger partial charge in [-0.25, -0.2) is 8.42 Å². The minimum Gasteiger partial charge on any atom is -0.493 e. The molecule has 1 heterocycles. The molecule has 0 aromatic heterocycles. The summed E-state index contributed by atoms with van der Waals surface area (Å²) in [6.07, 6.45) is 3.69. The van der Waals surface area contributed by atoms with Crippen LogP contribution in [0.2, 0.25) is 0 Å². The van der Waals surface area contributed by atoms with Crippen LogP contribution in [0.1, 0.15) is 18.4 Å². The smallest absolute Gasteiger partial charge is 0.246 e. The average Bonchev–Trinajstić information content (AvgIpc) is 2.76. The Bertz CT molecular complexity index is 879. The summed E-state index contributed by atoms with van der Waals surface area (Å²) in [7, 11) is 2.41. The third-order valence-corrected chi connectivity index (χ3v) is 7.13. The third kappa shape index (κ3) is 5.65. The Morgan fingerprint density at radius 1 is 1.10 bits per heavy atom. The van der Waals surface area contributed by atoms with Gasteiger partial charge in [-0.1, -0.05) is 0 Å². The van der Waals surface area contributed by atoms with E-state index >= 15 is 0 Å². The molecule has 0 spiro atoms. The lowest BCUT2D eigenvalue weighted by molar-refractivity contribution is -0.126. The highest BCUT2D eigenvalue weighted by Gasteiger charge is 2.32. The zero-order chi connectivity index (χ0) is 22.3. The Balaban J connectivity index is 2.03. The monoisotopic (exact) mass is 440 g/mol. The van der Waals surface area contributed by atoms with E-state index in [1.54, 1.807) is 23.1 Å².